The van der Waals surface area contributed by atoms with Crippen LogP contribution in [0.15, 0.2) is 91.5 Å². The molecule has 0 spiro atoms. The lowest BCUT2D eigenvalue weighted by atomic mass is 9.92. The Labute approximate surface area is 350 Å². The van der Waals surface area contributed by atoms with Crippen molar-refractivity contribution < 1.29 is 42.9 Å². The van der Waals surface area contributed by atoms with Crippen LogP contribution in [0.25, 0.3) is 32.9 Å². The van der Waals surface area contributed by atoms with Gasteiger partial charge in [-0.3, -0.25) is 39.4 Å². The van der Waals surface area contributed by atoms with Crippen LogP contribution in [0.5, 0.6) is 17.4 Å². The van der Waals surface area contributed by atoms with E-state index in [2.05, 4.69) is 20.3 Å². The van der Waals surface area contributed by atoms with Crippen LogP contribution in [0.3, 0.4) is 0 Å². The number of imide groups is 2. The van der Waals surface area contributed by atoms with Gasteiger partial charge in [0.25, 0.3) is 11.8 Å². The molecule has 2 fully saturated rings. The summed E-state index contributed by atoms with van der Waals surface area (Å²) >= 11 is 0. The Morgan fingerprint density at radius 3 is 2.33 bits per heavy atom. The van der Waals surface area contributed by atoms with Crippen LogP contribution >= 0.6 is 0 Å². The third-order valence-electron chi connectivity index (χ3n) is 10.9. The van der Waals surface area contributed by atoms with E-state index < -0.39 is 41.4 Å². The first-order valence-electron chi connectivity index (χ1n) is 20.2. The monoisotopic (exact) mass is 822 g/mol. The van der Waals surface area contributed by atoms with Gasteiger partial charge in [0.1, 0.15) is 35.3 Å². The van der Waals surface area contributed by atoms with Crippen molar-refractivity contribution in [3.63, 3.8) is 0 Å². The van der Waals surface area contributed by atoms with Crippen LogP contribution in [0.4, 0.5) is 4.79 Å². The normalized spacial score (nSPS) is 18.8. The van der Waals surface area contributed by atoms with Crippen LogP contribution in [0.1, 0.15) is 79.3 Å². The average molecular weight is 823 g/mol. The summed E-state index contributed by atoms with van der Waals surface area (Å²) in [5.41, 5.74) is 3.83. The quantitative estimate of drug-likeness (QED) is 0.106. The molecule has 3 aliphatic rings. The molecule has 1 unspecified atom stereocenters. The number of rotatable bonds is 11. The largest absolute Gasteiger partial charge is 0.494 e. The number of nitrogens with one attached hydrogen (secondary N) is 1. The van der Waals surface area contributed by atoms with Crippen molar-refractivity contribution in [3.8, 4) is 28.5 Å². The molecule has 2 aliphatic heterocycles. The molecular formula is C46H42N6O9. The second-order valence-corrected chi connectivity index (χ2v) is 16.4. The van der Waals surface area contributed by atoms with Crippen molar-refractivity contribution >= 4 is 51.5 Å². The Balaban J connectivity index is 0.731. The van der Waals surface area contributed by atoms with E-state index in [0.717, 1.165) is 43.5 Å². The van der Waals surface area contributed by atoms with Crippen molar-refractivity contribution in [2.24, 2.45) is 0 Å². The number of amides is 4. The van der Waals surface area contributed by atoms with Gasteiger partial charge < -0.3 is 18.9 Å². The summed E-state index contributed by atoms with van der Waals surface area (Å²) in [5, 5.41) is 3.97. The molecule has 0 bridgehead atoms. The zero-order valence-corrected chi connectivity index (χ0v) is 33.8. The number of aryl methyl sites for hydroxylation is 1. The van der Waals surface area contributed by atoms with E-state index in [1.807, 2.05) is 69.3 Å². The van der Waals surface area contributed by atoms with E-state index in [-0.39, 0.29) is 36.2 Å². The molecular weight excluding hydrogens is 781 g/mol. The van der Waals surface area contributed by atoms with E-state index in [9.17, 15) is 24.0 Å². The minimum absolute atomic E-state index is 0.00502. The number of fused-ring (bicyclic) bond motifs is 4. The van der Waals surface area contributed by atoms with Crippen molar-refractivity contribution in [2.45, 2.75) is 83.1 Å². The molecule has 310 valence electrons. The number of benzene rings is 2. The van der Waals surface area contributed by atoms with Crippen LogP contribution in [0, 0.1) is 0 Å². The highest BCUT2D eigenvalue weighted by molar-refractivity contribution is 6.23. The Kier molecular flexibility index (Phi) is 10.2. The number of carbonyl (C=O) groups is 5. The molecule has 61 heavy (non-hydrogen) atoms. The molecule has 1 N–H and O–H groups in total. The second-order valence-electron chi connectivity index (χ2n) is 16.4. The Morgan fingerprint density at radius 2 is 1.57 bits per heavy atom. The molecule has 9 rings (SSSR count). The van der Waals surface area contributed by atoms with E-state index in [1.54, 1.807) is 35.4 Å². The van der Waals surface area contributed by atoms with Gasteiger partial charge in [0, 0.05) is 65.9 Å². The fourth-order valence-electron chi connectivity index (χ4n) is 7.85. The zero-order chi connectivity index (χ0) is 42.4. The molecule has 1 saturated carbocycles. The fraction of sp³-hybridized carbons (Fsp3) is 0.304. The van der Waals surface area contributed by atoms with Gasteiger partial charge in [-0.25, -0.2) is 14.3 Å². The Bertz CT molecular complexity index is 2720. The van der Waals surface area contributed by atoms with E-state index in [0.29, 0.717) is 49.7 Å². The zero-order valence-electron chi connectivity index (χ0n) is 33.8. The molecule has 2 aromatic carbocycles. The van der Waals surface area contributed by atoms with Gasteiger partial charge in [-0.15, -0.1) is 0 Å². The molecule has 6 aromatic rings. The number of aromatic nitrogens is 4. The maximum absolute atomic E-state index is 13.3. The van der Waals surface area contributed by atoms with Crippen molar-refractivity contribution in [3.05, 3.63) is 108 Å². The summed E-state index contributed by atoms with van der Waals surface area (Å²) in [6, 6.07) is 19.1. The molecule has 1 atom stereocenters. The number of hydrogen-bond acceptors (Lipinski definition) is 12. The van der Waals surface area contributed by atoms with Crippen molar-refractivity contribution in [2.75, 3.05) is 6.61 Å². The van der Waals surface area contributed by atoms with E-state index >= 15 is 0 Å². The van der Waals surface area contributed by atoms with Crippen LogP contribution in [-0.4, -0.2) is 84.6 Å². The molecule has 1 aliphatic carbocycles. The fourth-order valence-corrected chi connectivity index (χ4v) is 7.85. The molecule has 1 saturated heterocycles. The first kappa shape index (κ1) is 39.3. The first-order chi connectivity index (χ1) is 29.4. The van der Waals surface area contributed by atoms with Crippen LogP contribution < -0.4 is 19.5 Å². The van der Waals surface area contributed by atoms with Crippen molar-refractivity contribution in [1.29, 1.82) is 0 Å². The highest BCUT2D eigenvalue weighted by atomic mass is 16.6. The average Bonchev–Trinajstić information content (AvgIpc) is 3.68. The molecule has 6 heterocycles. The highest BCUT2D eigenvalue weighted by Gasteiger charge is 2.44. The maximum Gasteiger partial charge on any atom is 0.419 e. The minimum Gasteiger partial charge on any atom is -0.494 e. The lowest BCUT2D eigenvalue weighted by Gasteiger charge is -2.34. The van der Waals surface area contributed by atoms with Gasteiger partial charge in [0.05, 0.1) is 35.0 Å². The second kappa shape index (κ2) is 15.8. The highest BCUT2D eigenvalue weighted by Crippen LogP contribution is 2.35. The minimum atomic E-state index is -1.02. The van der Waals surface area contributed by atoms with Crippen LogP contribution in [-0.2, 0) is 20.7 Å². The van der Waals surface area contributed by atoms with Gasteiger partial charge in [0.15, 0.2) is 0 Å². The summed E-state index contributed by atoms with van der Waals surface area (Å²) in [5.74, 6) is -0.567. The number of hydrogen-bond donors (Lipinski definition) is 1. The smallest absolute Gasteiger partial charge is 0.419 e. The standard InChI is InChI=1S/C46H42N6O9/c1-46(2,3)61-45(57)51-37-16-17-47-25-36(37)33-11-6-26(19-39(33)51)27-7-15-41(49-23-27)60-32-20-31(21-32)59-30-9-8-28(48-24-30)5-4-18-58-29-10-12-34-35(22-29)44(56)52(43(34)55)38-13-14-40(53)50-42(38)54/h6-12,15-17,19,22-25,31-32,38H,4-5,13-14,18,20-21H2,1-3H3,(H,50,53,54). The molecule has 15 heteroatoms. The van der Waals surface area contributed by atoms with E-state index in [4.69, 9.17) is 18.9 Å². The van der Waals surface area contributed by atoms with Gasteiger partial charge in [-0.2, -0.15) is 0 Å². The lowest BCUT2D eigenvalue weighted by molar-refractivity contribution is -0.136. The predicted molar refractivity (Wildman–Crippen MR) is 221 cm³/mol. The number of carbonyl (C=O) groups excluding carboxylic acids is 5. The number of pyridine rings is 3. The number of ether oxygens (including phenoxy) is 4. The Hall–Kier alpha value is -7.16. The summed E-state index contributed by atoms with van der Waals surface area (Å²) in [4.78, 5) is 77.6. The molecule has 0 radical (unpaired) electrons. The van der Waals surface area contributed by atoms with Gasteiger partial charge in [-0.05, 0) is 94.1 Å². The lowest BCUT2D eigenvalue weighted by Crippen LogP contribution is -2.54. The third-order valence-corrected chi connectivity index (χ3v) is 10.9. The maximum atomic E-state index is 13.3. The summed E-state index contributed by atoms with van der Waals surface area (Å²) in [6.07, 6.45) is 9.31. The first-order valence-corrected chi connectivity index (χ1v) is 20.2. The molecule has 4 aromatic heterocycles. The van der Waals surface area contributed by atoms with Crippen LogP contribution in [0.2, 0.25) is 0 Å². The summed E-state index contributed by atoms with van der Waals surface area (Å²) in [7, 11) is 0. The van der Waals surface area contributed by atoms with Gasteiger partial charge in [0.2, 0.25) is 17.7 Å². The van der Waals surface area contributed by atoms with Gasteiger partial charge >= 0.3 is 6.09 Å². The number of piperidine rings is 1. The van der Waals surface area contributed by atoms with Crippen molar-refractivity contribution in [1.82, 2.24) is 29.7 Å². The molecule has 15 nitrogen and oxygen atoms in total. The Morgan fingerprint density at radius 1 is 0.787 bits per heavy atom. The third kappa shape index (κ3) is 7.98. The topological polar surface area (TPSA) is 181 Å². The number of nitrogens with zero attached hydrogens (tertiary/aromatic N) is 5. The summed E-state index contributed by atoms with van der Waals surface area (Å²) < 4.78 is 25.5. The van der Waals surface area contributed by atoms with E-state index in [1.165, 1.54) is 12.1 Å². The summed E-state index contributed by atoms with van der Waals surface area (Å²) in [6.45, 7) is 5.89. The predicted octanol–water partition coefficient (Wildman–Crippen LogP) is 6.83. The van der Waals surface area contributed by atoms with Gasteiger partial charge in [-0.1, -0.05) is 12.1 Å². The SMILES string of the molecule is CC(C)(C)OC(=O)n1c2ccncc2c2ccc(-c3ccc(OC4CC(Oc5ccc(CCCOc6ccc7c(c6)C(=O)N(C6CCC(=O)NC6=O)C7=O)nc5)C4)nc3)cc21. The molecule has 4 amide bonds.